The Bertz CT molecular complexity index is 906. The number of hydrogen-bond acceptors (Lipinski definition) is 3. The third kappa shape index (κ3) is 5.31. The van der Waals surface area contributed by atoms with Crippen LogP contribution in [0.1, 0.15) is 34.3 Å². The van der Waals surface area contributed by atoms with E-state index in [0.717, 1.165) is 30.5 Å². The van der Waals surface area contributed by atoms with Crippen LogP contribution in [0.25, 0.3) is 0 Å². The van der Waals surface area contributed by atoms with E-state index in [-0.39, 0.29) is 24.3 Å². The molecule has 150 valence electrons. The molecule has 3 amide bonds. The summed E-state index contributed by atoms with van der Waals surface area (Å²) in [4.78, 5) is 38.1. The zero-order valence-electron chi connectivity index (χ0n) is 16.3. The molecule has 0 bridgehead atoms. The number of benzene rings is 2. The summed E-state index contributed by atoms with van der Waals surface area (Å²) >= 11 is 0. The van der Waals surface area contributed by atoms with Crippen LogP contribution in [0.5, 0.6) is 0 Å². The smallest absolute Gasteiger partial charge is 0.251 e. The SMILES string of the molecule is C=CC(=O)NCc1ccc(C(=O)NCC(=O)N2CCCCc3ccccc32)cc1. The standard InChI is InChI=1S/C23H25N3O3/c1-2-21(27)24-15-17-10-12-19(13-11-17)23(29)25-16-22(28)26-14-6-5-8-18-7-3-4-9-20(18)26/h2-4,7,9-13H,1,5-6,8,14-16H2,(H,24,27)(H,25,29). The van der Waals surface area contributed by atoms with Crippen LogP contribution in [-0.4, -0.2) is 30.8 Å². The zero-order valence-corrected chi connectivity index (χ0v) is 16.3. The van der Waals surface area contributed by atoms with Gasteiger partial charge in [0.15, 0.2) is 0 Å². The topological polar surface area (TPSA) is 78.5 Å². The number of nitrogens with one attached hydrogen (secondary N) is 2. The molecular weight excluding hydrogens is 366 g/mol. The Morgan fingerprint density at radius 2 is 1.76 bits per heavy atom. The maximum atomic E-state index is 12.7. The number of anilines is 1. The molecule has 0 radical (unpaired) electrons. The molecule has 1 aliphatic rings. The number of fused-ring (bicyclic) bond motifs is 1. The number of aryl methyl sites for hydroxylation is 1. The molecule has 3 rings (SSSR count). The van der Waals surface area contributed by atoms with Gasteiger partial charge in [-0.1, -0.05) is 36.9 Å². The molecule has 2 N–H and O–H groups in total. The van der Waals surface area contributed by atoms with Crippen LogP contribution >= 0.6 is 0 Å². The van der Waals surface area contributed by atoms with Gasteiger partial charge in [-0.3, -0.25) is 14.4 Å². The van der Waals surface area contributed by atoms with Crippen LogP contribution in [0, 0.1) is 0 Å². The first kappa shape index (κ1) is 20.3. The summed E-state index contributed by atoms with van der Waals surface area (Å²) in [7, 11) is 0. The molecule has 1 aliphatic heterocycles. The highest BCUT2D eigenvalue weighted by Crippen LogP contribution is 2.25. The number of carbonyl (C=O) groups is 3. The molecular formula is C23H25N3O3. The van der Waals surface area contributed by atoms with Crippen LogP contribution in [0.15, 0.2) is 61.2 Å². The average Bonchev–Trinajstić information content (AvgIpc) is 2.98. The number of para-hydroxylation sites is 1. The summed E-state index contributed by atoms with van der Waals surface area (Å²) in [5.74, 6) is -0.667. The Balaban J connectivity index is 1.57. The molecule has 1 heterocycles. The molecule has 2 aromatic carbocycles. The van der Waals surface area contributed by atoms with Gasteiger partial charge in [-0.2, -0.15) is 0 Å². The molecule has 6 heteroatoms. The van der Waals surface area contributed by atoms with Crippen molar-refractivity contribution in [2.24, 2.45) is 0 Å². The molecule has 0 spiro atoms. The Labute approximate surface area is 170 Å². The van der Waals surface area contributed by atoms with E-state index < -0.39 is 0 Å². The zero-order chi connectivity index (χ0) is 20.6. The van der Waals surface area contributed by atoms with E-state index in [4.69, 9.17) is 0 Å². The van der Waals surface area contributed by atoms with Gasteiger partial charge in [-0.25, -0.2) is 0 Å². The van der Waals surface area contributed by atoms with Crippen molar-refractivity contribution in [1.29, 1.82) is 0 Å². The van der Waals surface area contributed by atoms with Gasteiger partial charge in [0.2, 0.25) is 11.8 Å². The van der Waals surface area contributed by atoms with Crippen LogP contribution in [-0.2, 0) is 22.6 Å². The lowest BCUT2D eigenvalue weighted by atomic mass is 10.1. The second-order valence-corrected chi connectivity index (χ2v) is 6.93. The Hall–Kier alpha value is -3.41. The minimum Gasteiger partial charge on any atom is -0.348 e. The second-order valence-electron chi connectivity index (χ2n) is 6.93. The van der Waals surface area contributed by atoms with E-state index in [1.54, 1.807) is 29.2 Å². The van der Waals surface area contributed by atoms with Crippen molar-refractivity contribution in [3.8, 4) is 0 Å². The summed E-state index contributed by atoms with van der Waals surface area (Å²) in [5, 5.41) is 5.39. The van der Waals surface area contributed by atoms with Gasteiger partial charge in [0.05, 0.1) is 6.54 Å². The highest BCUT2D eigenvalue weighted by Gasteiger charge is 2.21. The minimum atomic E-state index is -0.303. The predicted molar refractivity (Wildman–Crippen MR) is 113 cm³/mol. The first-order valence-corrected chi connectivity index (χ1v) is 9.74. The Kier molecular flexibility index (Phi) is 6.79. The lowest BCUT2D eigenvalue weighted by molar-refractivity contribution is -0.118. The number of amides is 3. The Morgan fingerprint density at radius 1 is 1.00 bits per heavy atom. The summed E-state index contributed by atoms with van der Waals surface area (Å²) in [6, 6.07) is 14.8. The maximum absolute atomic E-state index is 12.7. The highest BCUT2D eigenvalue weighted by atomic mass is 16.2. The van der Waals surface area contributed by atoms with Gasteiger partial charge in [0.25, 0.3) is 5.91 Å². The normalized spacial score (nSPS) is 13.0. The van der Waals surface area contributed by atoms with Crippen LogP contribution in [0.2, 0.25) is 0 Å². The maximum Gasteiger partial charge on any atom is 0.251 e. The van der Waals surface area contributed by atoms with Crippen LogP contribution in [0.3, 0.4) is 0 Å². The van der Waals surface area contributed by atoms with Gasteiger partial charge < -0.3 is 15.5 Å². The number of rotatable bonds is 6. The van der Waals surface area contributed by atoms with Crippen molar-refractivity contribution in [3.63, 3.8) is 0 Å². The van der Waals surface area contributed by atoms with Gasteiger partial charge in [-0.05, 0) is 54.7 Å². The van der Waals surface area contributed by atoms with Crippen molar-refractivity contribution >= 4 is 23.4 Å². The van der Waals surface area contributed by atoms with Crippen molar-refractivity contribution in [2.75, 3.05) is 18.0 Å². The molecule has 0 atom stereocenters. The van der Waals surface area contributed by atoms with Gasteiger partial charge in [0, 0.05) is 24.3 Å². The van der Waals surface area contributed by atoms with E-state index in [1.807, 2.05) is 18.2 Å². The molecule has 6 nitrogen and oxygen atoms in total. The third-order valence-electron chi connectivity index (χ3n) is 4.93. The van der Waals surface area contributed by atoms with E-state index in [1.165, 1.54) is 11.6 Å². The predicted octanol–water partition coefficient (Wildman–Crippen LogP) is 2.59. The second kappa shape index (κ2) is 9.68. The number of hydrogen-bond donors (Lipinski definition) is 2. The fourth-order valence-electron chi connectivity index (χ4n) is 3.34. The minimum absolute atomic E-state index is 0.0513. The van der Waals surface area contributed by atoms with Crippen molar-refractivity contribution in [2.45, 2.75) is 25.8 Å². The van der Waals surface area contributed by atoms with Gasteiger partial charge in [0.1, 0.15) is 0 Å². The monoisotopic (exact) mass is 391 g/mol. The molecule has 0 aromatic heterocycles. The first-order valence-electron chi connectivity index (χ1n) is 9.74. The van der Waals surface area contributed by atoms with Crippen LogP contribution in [0.4, 0.5) is 5.69 Å². The summed E-state index contributed by atoms with van der Waals surface area (Å²) < 4.78 is 0. The Morgan fingerprint density at radius 3 is 2.52 bits per heavy atom. The average molecular weight is 391 g/mol. The van der Waals surface area contributed by atoms with Crippen molar-refractivity contribution in [1.82, 2.24) is 10.6 Å². The van der Waals surface area contributed by atoms with Gasteiger partial charge in [-0.15, -0.1) is 0 Å². The fraction of sp³-hybridized carbons (Fsp3) is 0.261. The number of nitrogens with zero attached hydrogens (tertiary/aromatic N) is 1. The fourth-order valence-corrected chi connectivity index (χ4v) is 3.34. The van der Waals surface area contributed by atoms with Gasteiger partial charge >= 0.3 is 0 Å². The summed E-state index contributed by atoms with van der Waals surface area (Å²) in [5.41, 5.74) is 3.45. The third-order valence-corrected chi connectivity index (χ3v) is 4.93. The lowest BCUT2D eigenvalue weighted by Crippen LogP contribution is -2.40. The van der Waals surface area contributed by atoms with E-state index in [9.17, 15) is 14.4 Å². The largest absolute Gasteiger partial charge is 0.348 e. The molecule has 29 heavy (non-hydrogen) atoms. The van der Waals surface area contributed by atoms with E-state index >= 15 is 0 Å². The van der Waals surface area contributed by atoms with Crippen molar-refractivity contribution in [3.05, 3.63) is 77.9 Å². The molecule has 2 aromatic rings. The van der Waals surface area contributed by atoms with E-state index in [2.05, 4.69) is 23.3 Å². The summed E-state index contributed by atoms with van der Waals surface area (Å²) in [6.07, 6.45) is 4.17. The first-order chi connectivity index (χ1) is 14.1. The molecule has 0 aliphatic carbocycles. The highest BCUT2D eigenvalue weighted by molar-refractivity contribution is 6.00. The lowest BCUT2D eigenvalue weighted by Gasteiger charge is -2.23. The molecule has 0 saturated heterocycles. The quantitative estimate of drug-likeness (QED) is 0.743. The molecule has 0 fully saturated rings. The molecule has 0 saturated carbocycles. The van der Waals surface area contributed by atoms with Crippen LogP contribution < -0.4 is 15.5 Å². The number of carbonyl (C=O) groups excluding carboxylic acids is 3. The molecule has 0 unspecified atom stereocenters. The summed E-state index contributed by atoms with van der Waals surface area (Å²) in [6.45, 7) is 4.37. The van der Waals surface area contributed by atoms with E-state index in [0.29, 0.717) is 18.7 Å². The van der Waals surface area contributed by atoms with Crippen molar-refractivity contribution < 1.29 is 14.4 Å².